The smallest absolute Gasteiger partial charge is 0.405 e. The molecule has 1 aliphatic rings. The van der Waals surface area contributed by atoms with E-state index in [9.17, 15) is 14.4 Å². The number of para-hydroxylation sites is 1. The van der Waals surface area contributed by atoms with Crippen molar-refractivity contribution in [3.8, 4) is 0 Å². The van der Waals surface area contributed by atoms with Crippen molar-refractivity contribution < 1.29 is 19.5 Å². The number of amides is 3. The molecule has 3 amide bonds. The third-order valence-corrected chi connectivity index (χ3v) is 3.55. The number of carbonyl (C=O) groups excluding carboxylic acids is 2. The first-order valence-corrected chi connectivity index (χ1v) is 7.30. The lowest BCUT2D eigenvalue weighted by Crippen LogP contribution is -2.46. The summed E-state index contributed by atoms with van der Waals surface area (Å²) < 4.78 is 0. The average molecular weight is 317 g/mol. The fraction of sp³-hybridized carbons (Fsp3) is 0.312. The molecule has 2 atom stereocenters. The van der Waals surface area contributed by atoms with E-state index in [4.69, 9.17) is 5.11 Å². The number of nitrogens with one attached hydrogen (secondary N) is 3. The van der Waals surface area contributed by atoms with E-state index in [0.29, 0.717) is 5.69 Å². The van der Waals surface area contributed by atoms with Crippen LogP contribution in [0.1, 0.15) is 18.9 Å². The van der Waals surface area contributed by atoms with Gasteiger partial charge in [-0.25, -0.2) is 4.79 Å². The molecule has 0 aromatic heterocycles. The van der Waals surface area contributed by atoms with Gasteiger partial charge in [-0.2, -0.15) is 0 Å². The molecule has 0 fully saturated rings. The summed E-state index contributed by atoms with van der Waals surface area (Å²) in [6, 6.07) is 6.25. The molecule has 0 saturated carbocycles. The number of carbonyl (C=O) groups is 3. The SMILES string of the molecule is C[C@@H]1/C=C/C[C@H](NC(=O)O)C(=O)NCc2ccccc2NC1=O. The lowest BCUT2D eigenvalue weighted by atomic mass is 10.1. The van der Waals surface area contributed by atoms with Gasteiger partial charge in [0, 0.05) is 12.2 Å². The molecule has 23 heavy (non-hydrogen) atoms. The summed E-state index contributed by atoms with van der Waals surface area (Å²) in [7, 11) is 0. The first-order chi connectivity index (χ1) is 11.0. The predicted molar refractivity (Wildman–Crippen MR) is 84.8 cm³/mol. The quantitative estimate of drug-likeness (QED) is 0.588. The number of hydrogen-bond donors (Lipinski definition) is 4. The maximum absolute atomic E-state index is 12.2. The minimum atomic E-state index is -1.27. The van der Waals surface area contributed by atoms with Gasteiger partial charge in [-0.05, 0) is 18.1 Å². The molecule has 0 unspecified atom stereocenters. The van der Waals surface area contributed by atoms with Gasteiger partial charge < -0.3 is 21.1 Å². The molecule has 0 spiro atoms. The Morgan fingerprint density at radius 3 is 2.74 bits per heavy atom. The van der Waals surface area contributed by atoms with Gasteiger partial charge in [0.1, 0.15) is 6.04 Å². The highest BCUT2D eigenvalue weighted by molar-refractivity contribution is 5.94. The largest absolute Gasteiger partial charge is 0.465 e. The summed E-state index contributed by atoms with van der Waals surface area (Å²) in [4.78, 5) is 35.1. The Hall–Kier alpha value is -2.83. The second kappa shape index (κ2) is 7.44. The Morgan fingerprint density at radius 2 is 2.00 bits per heavy atom. The van der Waals surface area contributed by atoms with Crippen molar-refractivity contribution >= 4 is 23.6 Å². The van der Waals surface area contributed by atoms with Crippen molar-refractivity contribution in [3.05, 3.63) is 42.0 Å². The lowest BCUT2D eigenvalue weighted by Gasteiger charge is -2.18. The van der Waals surface area contributed by atoms with E-state index in [0.717, 1.165) is 5.56 Å². The molecule has 7 nitrogen and oxygen atoms in total. The van der Waals surface area contributed by atoms with Gasteiger partial charge in [0.05, 0.1) is 5.92 Å². The standard InChI is InChI=1S/C16H19N3O4/c1-10-5-4-8-13(19-16(22)23)15(21)17-9-11-6-2-3-7-12(11)18-14(10)20/h2-7,10,13,19H,8-9H2,1H3,(H,17,21)(H,18,20)(H,22,23)/b5-4+/t10-,13+/m1/s1. The Labute approximate surface area is 133 Å². The molecule has 0 aliphatic carbocycles. The van der Waals surface area contributed by atoms with Gasteiger partial charge in [-0.15, -0.1) is 0 Å². The highest BCUT2D eigenvalue weighted by Gasteiger charge is 2.21. The Balaban J connectivity index is 2.28. The maximum atomic E-state index is 12.2. The minimum Gasteiger partial charge on any atom is -0.465 e. The lowest BCUT2D eigenvalue weighted by molar-refractivity contribution is -0.123. The fourth-order valence-electron chi connectivity index (χ4n) is 2.24. The topological polar surface area (TPSA) is 108 Å². The molecule has 122 valence electrons. The molecule has 1 aromatic carbocycles. The normalized spacial score (nSPS) is 23.3. The maximum Gasteiger partial charge on any atom is 0.405 e. The number of anilines is 1. The van der Waals surface area contributed by atoms with Crippen molar-refractivity contribution in [2.75, 3.05) is 5.32 Å². The summed E-state index contributed by atoms with van der Waals surface area (Å²) in [5.74, 6) is -0.967. The highest BCUT2D eigenvalue weighted by atomic mass is 16.4. The Kier molecular flexibility index (Phi) is 5.35. The first-order valence-electron chi connectivity index (χ1n) is 7.30. The summed E-state index contributed by atoms with van der Waals surface area (Å²) in [5.41, 5.74) is 1.38. The van der Waals surface area contributed by atoms with Crippen LogP contribution < -0.4 is 16.0 Å². The molecule has 2 rings (SSSR count). The van der Waals surface area contributed by atoms with Crippen LogP contribution in [0.3, 0.4) is 0 Å². The van der Waals surface area contributed by atoms with Crippen LogP contribution in [0.4, 0.5) is 10.5 Å². The van der Waals surface area contributed by atoms with E-state index in [1.54, 1.807) is 43.3 Å². The molecule has 0 radical (unpaired) electrons. The number of rotatable bonds is 1. The van der Waals surface area contributed by atoms with Crippen molar-refractivity contribution in [1.82, 2.24) is 10.6 Å². The van der Waals surface area contributed by atoms with Crippen molar-refractivity contribution in [3.63, 3.8) is 0 Å². The van der Waals surface area contributed by atoms with Crippen molar-refractivity contribution in [2.45, 2.75) is 25.9 Å². The van der Waals surface area contributed by atoms with Crippen molar-refractivity contribution in [1.29, 1.82) is 0 Å². The van der Waals surface area contributed by atoms with Crippen LogP contribution in [-0.4, -0.2) is 29.1 Å². The first kappa shape index (κ1) is 16.5. The monoisotopic (exact) mass is 317 g/mol. The zero-order valence-electron chi connectivity index (χ0n) is 12.7. The van der Waals surface area contributed by atoms with Crippen LogP contribution >= 0.6 is 0 Å². The molecule has 1 aromatic rings. The average Bonchev–Trinajstić information content (AvgIpc) is 2.51. The van der Waals surface area contributed by atoms with Crippen LogP contribution in [0.15, 0.2) is 36.4 Å². The van der Waals surface area contributed by atoms with Gasteiger partial charge in [0.25, 0.3) is 0 Å². The van der Waals surface area contributed by atoms with Gasteiger partial charge in [0.15, 0.2) is 0 Å². The van der Waals surface area contributed by atoms with E-state index >= 15 is 0 Å². The predicted octanol–water partition coefficient (Wildman–Crippen LogP) is 1.47. The number of benzene rings is 1. The summed E-state index contributed by atoms with van der Waals surface area (Å²) >= 11 is 0. The zero-order chi connectivity index (χ0) is 16.8. The summed E-state index contributed by atoms with van der Waals surface area (Å²) in [6.45, 7) is 1.94. The highest BCUT2D eigenvalue weighted by Crippen LogP contribution is 2.17. The molecular weight excluding hydrogens is 298 g/mol. The molecular formula is C16H19N3O4. The molecule has 1 heterocycles. The second-order valence-electron chi connectivity index (χ2n) is 5.32. The van der Waals surface area contributed by atoms with Gasteiger partial charge >= 0.3 is 6.09 Å². The van der Waals surface area contributed by atoms with Crippen LogP contribution in [-0.2, 0) is 16.1 Å². The Morgan fingerprint density at radius 1 is 1.26 bits per heavy atom. The van der Waals surface area contributed by atoms with E-state index in [1.807, 2.05) is 0 Å². The van der Waals surface area contributed by atoms with Gasteiger partial charge in [0.2, 0.25) is 11.8 Å². The van der Waals surface area contributed by atoms with Crippen molar-refractivity contribution in [2.24, 2.45) is 5.92 Å². The molecule has 1 aliphatic heterocycles. The number of carboxylic acid groups (broad SMARTS) is 1. The van der Waals surface area contributed by atoms with E-state index in [2.05, 4.69) is 16.0 Å². The number of fused-ring (bicyclic) bond motifs is 1. The fourth-order valence-corrected chi connectivity index (χ4v) is 2.24. The third-order valence-electron chi connectivity index (χ3n) is 3.55. The summed E-state index contributed by atoms with van der Waals surface area (Å²) in [6.07, 6.45) is 2.20. The molecule has 0 bridgehead atoms. The Bertz CT molecular complexity index is 642. The molecule has 4 N–H and O–H groups in total. The van der Waals surface area contributed by atoms with Crippen LogP contribution in [0.2, 0.25) is 0 Å². The molecule has 7 heteroatoms. The van der Waals surface area contributed by atoms with Gasteiger partial charge in [-0.3, -0.25) is 9.59 Å². The molecule has 0 saturated heterocycles. The number of hydrogen-bond acceptors (Lipinski definition) is 3. The van der Waals surface area contributed by atoms with Crippen LogP contribution in [0.5, 0.6) is 0 Å². The van der Waals surface area contributed by atoms with Crippen LogP contribution in [0.25, 0.3) is 0 Å². The van der Waals surface area contributed by atoms with E-state index in [1.165, 1.54) is 0 Å². The van der Waals surface area contributed by atoms with E-state index in [-0.39, 0.29) is 18.9 Å². The van der Waals surface area contributed by atoms with E-state index < -0.39 is 24.0 Å². The third kappa shape index (κ3) is 4.57. The minimum absolute atomic E-state index is 0.164. The zero-order valence-corrected chi connectivity index (χ0v) is 12.7. The second-order valence-corrected chi connectivity index (χ2v) is 5.32. The van der Waals surface area contributed by atoms with Gasteiger partial charge in [-0.1, -0.05) is 37.3 Å². The summed E-state index contributed by atoms with van der Waals surface area (Å²) in [5, 5.41) is 16.6. The van der Waals surface area contributed by atoms with Crippen LogP contribution in [0, 0.1) is 5.92 Å².